The normalized spacial score (nSPS) is 22.0. The monoisotopic (exact) mass is 313 g/mol. The third-order valence-electron chi connectivity index (χ3n) is 3.50. The van der Waals surface area contributed by atoms with Crippen molar-refractivity contribution < 1.29 is 17.9 Å². The van der Waals surface area contributed by atoms with E-state index in [2.05, 4.69) is 25.5 Å². The van der Waals surface area contributed by atoms with Crippen LogP contribution in [0.4, 0.5) is 19.0 Å². The van der Waals surface area contributed by atoms with E-state index in [1.54, 1.807) is 0 Å². The summed E-state index contributed by atoms with van der Waals surface area (Å²) in [5.41, 5.74) is -0.910. The predicted octanol–water partition coefficient (Wildman–Crippen LogP) is 2.41. The molecule has 22 heavy (non-hydrogen) atoms. The van der Waals surface area contributed by atoms with Crippen molar-refractivity contribution in [3.05, 3.63) is 36.0 Å². The number of alkyl halides is 3. The summed E-state index contributed by atoms with van der Waals surface area (Å²) < 4.78 is 43.5. The molecule has 3 rings (SSSR count). The molecular weight excluding hydrogens is 299 g/mol. The quantitative estimate of drug-likeness (QED) is 0.906. The van der Waals surface area contributed by atoms with Gasteiger partial charge in [-0.1, -0.05) is 6.07 Å². The molecule has 1 aliphatic rings. The highest BCUT2D eigenvalue weighted by Crippen LogP contribution is 2.33. The topological polar surface area (TPSA) is 75.7 Å². The van der Waals surface area contributed by atoms with Crippen molar-refractivity contribution in [3.8, 4) is 0 Å². The molecule has 118 valence electrons. The molecule has 0 aromatic carbocycles. The van der Waals surface area contributed by atoms with Gasteiger partial charge < -0.3 is 10.1 Å². The summed E-state index contributed by atoms with van der Waals surface area (Å²) in [7, 11) is 0. The smallest absolute Gasteiger partial charge is 0.370 e. The third kappa shape index (κ3) is 3.19. The van der Waals surface area contributed by atoms with Crippen LogP contribution in [0.25, 0.3) is 0 Å². The lowest BCUT2D eigenvalue weighted by Gasteiger charge is -2.17. The highest BCUT2D eigenvalue weighted by atomic mass is 19.4. The molecule has 2 atom stereocenters. The van der Waals surface area contributed by atoms with Crippen LogP contribution in [-0.2, 0) is 10.9 Å². The lowest BCUT2D eigenvalue weighted by molar-refractivity contribution is -0.141. The number of nitrogens with one attached hydrogen (secondary N) is 2. The fraction of sp³-hybridized carbons (Fsp3) is 0.462. The number of aromatic amines is 1. The average molecular weight is 313 g/mol. The number of halogens is 3. The summed E-state index contributed by atoms with van der Waals surface area (Å²) in [6.07, 6.45) is -2.50. The molecule has 0 bridgehead atoms. The Hall–Kier alpha value is -2.16. The summed E-state index contributed by atoms with van der Waals surface area (Å²) in [6, 6.07) is 3.78. The Morgan fingerprint density at radius 2 is 2.23 bits per heavy atom. The average Bonchev–Trinajstić information content (AvgIpc) is 3.15. The van der Waals surface area contributed by atoms with E-state index < -0.39 is 11.9 Å². The minimum atomic E-state index is -4.45. The standard InChI is InChI=1S/C13H14F3N5O/c14-13(15,16)9-2-1-3-10(20-9)17-6-8-4-5-22-11(8)12-18-7-19-21-12/h1-3,7-8,11H,4-6H2,(H,17,20)(H,18,19,21)/t8-,11-/m0/s1. The van der Waals surface area contributed by atoms with E-state index in [-0.39, 0.29) is 17.8 Å². The van der Waals surface area contributed by atoms with E-state index in [0.29, 0.717) is 19.0 Å². The van der Waals surface area contributed by atoms with Crippen LogP contribution in [0.1, 0.15) is 24.0 Å². The van der Waals surface area contributed by atoms with Gasteiger partial charge >= 0.3 is 6.18 Å². The molecule has 9 heteroatoms. The first-order valence-electron chi connectivity index (χ1n) is 6.79. The maximum absolute atomic E-state index is 12.6. The van der Waals surface area contributed by atoms with Gasteiger partial charge in [-0.3, -0.25) is 5.10 Å². The number of anilines is 1. The molecule has 1 fully saturated rings. The lowest BCUT2D eigenvalue weighted by Crippen LogP contribution is -2.20. The first kappa shape index (κ1) is 14.8. The Morgan fingerprint density at radius 3 is 2.95 bits per heavy atom. The fourth-order valence-corrected chi connectivity index (χ4v) is 2.42. The molecule has 3 heterocycles. The molecule has 2 aromatic rings. The fourth-order valence-electron chi connectivity index (χ4n) is 2.42. The first-order chi connectivity index (χ1) is 10.5. The van der Waals surface area contributed by atoms with E-state index in [0.717, 1.165) is 12.5 Å². The van der Waals surface area contributed by atoms with Gasteiger partial charge in [0.25, 0.3) is 0 Å². The molecule has 1 aliphatic heterocycles. The molecule has 2 N–H and O–H groups in total. The number of H-pyrrole nitrogens is 1. The summed E-state index contributed by atoms with van der Waals surface area (Å²) in [5.74, 6) is 0.906. The van der Waals surface area contributed by atoms with Gasteiger partial charge in [-0.2, -0.15) is 18.3 Å². The van der Waals surface area contributed by atoms with Crippen molar-refractivity contribution in [2.45, 2.75) is 18.7 Å². The van der Waals surface area contributed by atoms with E-state index in [1.807, 2.05) is 0 Å². The van der Waals surface area contributed by atoms with Crippen molar-refractivity contribution in [1.82, 2.24) is 20.2 Å². The number of pyridine rings is 1. The van der Waals surface area contributed by atoms with Crippen LogP contribution in [0.2, 0.25) is 0 Å². The third-order valence-corrected chi connectivity index (χ3v) is 3.50. The van der Waals surface area contributed by atoms with Gasteiger partial charge in [-0.15, -0.1) is 0 Å². The maximum atomic E-state index is 12.6. The van der Waals surface area contributed by atoms with Gasteiger partial charge in [0, 0.05) is 19.1 Å². The molecule has 1 saturated heterocycles. The Balaban J connectivity index is 1.65. The highest BCUT2D eigenvalue weighted by molar-refractivity contribution is 5.36. The number of nitrogens with zero attached hydrogens (tertiary/aromatic N) is 3. The second kappa shape index (κ2) is 5.91. The number of hydrogen-bond acceptors (Lipinski definition) is 5. The molecule has 0 amide bonds. The Morgan fingerprint density at radius 1 is 1.36 bits per heavy atom. The van der Waals surface area contributed by atoms with Gasteiger partial charge in [0.05, 0.1) is 0 Å². The SMILES string of the molecule is FC(F)(F)c1cccc(NC[C@@H]2CCO[C@@H]2c2ncn[nH]2)n1. The maximum Gasteiger partial charge on any atom is 0.433 e. The van der Waals surface area contributed by atoms with Gasteiger partial charge in [0.2, 0.25) is 0 Å². The van der Waals surface area contributed by atoms with Crippen LogP contribution in [0.15, 0.2) is 24.5 Å². The molecular formula is C13H14F3N5O. The van der Waals surface area contributed by atoms with E-state index in [9.17, 15) is 13.2 Å². The van der Waals surface area contributed by atoms with E-state index in [1.165, 1.54) is 18.5 Å². The van der Waals surface area contributed by atoms with Crippen LogP contribution in [0, 0.1) is 5.92 Å². The zero-order valence-electron chi connectivity index (χ0n) is 11.5. The number of aromatic nitrogens is 4. The summed E-state index contributed by atoms with van der Waals surface area (Å²) in [6.45, 7) is 1.02. The largest absolute Gasteiger partial charge is 0.433 e. The second-order valence-corrected chi connectivity index (χ2v) is 5.00. The number of ether oxygens (including phenoxy) is 1. The van der Waals surface area contributed by atoms with Crippen LogP contribution < -0.4 is 5.32 Å². The van der Waals surface area contributed by atoms with Crippen molar-refractivity contribution in [2.24, 2.45) is 5.92 Å². The molecule has 0 spiro atoms. The summed E-state index contributed by atoms with van der Waals surface area (Å²) in [5, 5.41) is 9.48. The Labute approximate surface area is 124 Å². The molecule has 6 nitrogen and oxygen atoms in total. The van der Waals surface area contributed by atoms with Crippen molar-refractivity contribution in [3.63, 3.8) is 0 Å². The minimum Gasteiger partial charge on any atom is -0.370 e. The van der Waals surface area contributed by atoms with Crippen molar-refractivity contribution >= 4 is 5.82 Å². The van der Waals surface area contributed by atoms with E-state index >= 15 is 0 Å². The second-order valence-electron chi connectivity index (χ2n) is 5.00. The van der Waals surface area contributed by atoms with Crippen molar-refractivity contribution in [1.29, 1.82) is 0 Å². The van der Waals surface area contributed by atoms with Crippen LogP contribution in [0.5, 0.6) is 0 Å². The molecule has 0 aliphatic carbocycles. The van der Waals surface area contributed by atoms with Gasteiger partial charge in [0.1, 0.15) is 23.9 Å². The number of hydrogen-bond donors (Lipinski definition) is 2. The molecule has 0 unspecified atom stereocenters. The van der Waals surface area contributed by atoms with Gasteiger partial charge in [0.15, 0.2) is 5.82 Å². The predicted molar refractivity (Wildman–Crippen MR) is 70.9 cm³/mol. The van der Waals surface area contributed by atoms with Crippen LogP contribution >= 0.6 is 0 Å². The van der Waals surface area contributed by atoms with Gasteiger partial charge in [-0.05, 0) is 18.6 Å². The van der Waals surface area contributed by atoms with Crippen LogP contribution in [-0.4, -0.2) is 33.3 Å². The van der Waals surface area contributed by atoms with Crippen molar-refractivity contribution in [2.75, 3.05) is 18.5 Å². The zero-order valence-corrected chi connectivity index (χ0v) is 11.5. The Kier molecular flexibility index (Phi) is 3.97. The zero-order chi connectivity index (χ0) is 15.6. The molecule has 2 aromatic heterocycles. The molecule has 0 radical (unpaired) electrons. The van der Waals surface area contributed by atoms with E-state index in [4.69, 9.17) is 4.74 Å². The first-order valence-corrected chi connectivity index (χ1v) is 6.79. The van der Waals surface area contributed by atoms with Crippen LogP contribution in [0.3, 0.4) is 0 Å². The minimum absolute atomic E-state index is 0.0873. The lowest BCUT2D eigenvalue weighted by atomic mass is 10.0. The molecule has 0 saturated carbocycles. The number of rotatable bonds is 4. The highest BCUT2D eigenvalue weighted by Gasteiger charge is 2.33. The van der Waals surface area contributed by atoms with Gasteiger partial charge in [-0.25, -0.2) is 9.97 Å². The summed E-state index contributed by atoms with van der Waals surface area (Å²) in [4.78, 5) is 7.65. The summed E-state index contributed by atoms with van der Waals surface area (Å²) >= 11 is 0. The Bertz CT molecular complexity index is 616.